The number of aromatic nitrogens is 2. The predicted octanol–water partition coefficient (Wildman–Crippen LogP) is 1.42. The van der Waals surface area contributed by atoms with Crippen LogP contribution in [-0.4, -0.2) is 44.4 Å². The molecule has 5 nitrogen and oxygen atoms in total. The van der Waals surface area contributed by atoms with E-state index in [0.717, 1.165) is 25.3 Å². The summed E-state index contributed by atoms with van der Waals surface area (Å²) in [6, 6.07) is 0. The third kappa shape index (κ3) is 3.13. The number of thioether (sulfide) groups is 1. The van der Waals surface area contributed by atoms with Gasteiger partial charge >= 0.3 is 0 Å². The maximum absolute atomic E-state index is 12.2. The second-order valence-corrected chi connectivity index (χ2v) is 6.78. The average molecular weight is 266 g/mol. The van der Waals surface area contributed by atoms with E-state index in [1.807, 2.05) is 16.7 Å². The molecule has 0 spiro atoms. The highest BCUT2D eigenvalue weighted by molar-refractivity contribution is 8.00. The van der Waals surface area contributed by atoms with Crippen molar-refractivity contribution in [1.29, 1.82) is 0 Å². The molecule has 0 aliphatic carbocycles. The van der Waals surface area contributed by atoms with Gasteiger partial charge in [0.05, 0.1) is 12.4 Å². The van der Waals surface area contributed by atoms with Gasteiger partial charge in [0.1, 0.15) is 11.5 Å². The van der Waals surface area contributed by atoms with Gasteiger partial charge in [0.2, 0.25) is 0 Å². The lowest BCUT2D eigenvalue weighted by Crippen LogP contribution is -2.34. The van der Waals surface area contributed by atoms with Gasteiger partial charge in [-0.05, 0) is 6.42 Å². The van der Waals surface area contributed by atoms with Gasteiger partial charge in [-0.2, -0.15) is 11.8 Å². The van der Waals surface area contributed by atoms with Crippen LogP contribution >= 0.6 is 11.8 Å². The lowest BCUT2D eigenvalue weighted by atomic mass is 10.1. The van der Waals surface area contributed by atoms with E-state index in [4.69, 9.17) is 5.73 Å². The Bertz CT molecular complexity index is 432. The van der Waals surface area contributed by atoms with Crippen molar-refractivity contribution in [1.82, 2.24) is 14.9 Å². The smallest absolute Gasteiger partial charge is 0.274 e. The normalized spacial score (nSPS) is 19.3. The van der Waals surface area contributed by atoms with Crippen molar-refractivity contribution in [3.8, 4) is 0 Å². The summed E-state index contributed by atoms with van der Waals surface area (Å²) in [6.45, 7) is 5.97. The molecule has 0 aromatic carbocycles. The van der Waals surface area contributed by atoms with Gasteiger partial charge in [-0.1, -0.05) is 13.8 Å². The molecule has 98 valence electrons. The Labute approximate surface area is 111 Å². The highest BCUT2D eigenvalue weighted by atomic mass is 32.2. The first-order chi connectivity index (χ1) is 8.48. The van der Waals surface area contributed by atoms with Crippen molar-refractivity contribution in [3.05, 3.63) is 18.1 Å². The van der Waals surface area contributed by atoms with E-state index in [2.05, 4.69) is 23.8 Å². The minimum atomic E-state index is -0.0548. The van der Waals surface area contributed by atoms with Crippen LogP contribution in [0.25, 0.3) is 0 Å². The average Bonchev–Trinajstić information content (AvgIpc) is 2.50. The van der Waals surface area contributed by atoms with Gasteiger partial charge in [-0.25, -0.2) is 9.97 Å². The summed E-state index contributed by atoms with van der Waals surface area (Å²) >= 11 is 1.91. The number of rotatable bonds is 1. The molecule has 2 heterocycles. The Morgan fingerprint density at radius 1 is 1.39 bits per heavy atom. The molecule has 1 saturated heterocycles. The van der Waals surface area contributed by atoms with E-state index in [0.29, 0.717) is 11.5 Å². The zero-order valence-corrected chi connectivity index (χ0v) is 11.5. The molecule has 6 heteroatoms. The van der Waals surface area contributed by atoms with Crippen LogP contribution in [0.4, 0.5) is 5.82 Å². The third-order valence-corrected chi connectivity index (χ3v) is 4.39. The summed E-state index contributed by atoms with van der Waals surface area (Å²) in [7, 11) is 0. The maximum Gasteiger partial charge on any atom is 0.274 e. The van der Waals surface area contributed by atoms with E-state index in [-0.39, 0.29) is 10.7 Å². The standard InChI is InChI=1S/C12H18N4OS/c1-12(2)3-4-16(5-6-18-12)11(17)9-7-15-10(13)8-14-9/h7-8H,3-6H2,1-2H3,(H2,13,15). The van der Waals surface area contributed by atoms with E-state index in [1.165, 1.54) is 12.4 Å². The zero-order valence-electron chi connectivity index (χ0n) is 10.7. The quantitative estimate of drug-likeness (QED) is 0.832. The monoisotopic (exact) mass is 266 g/mol. The number of hydrogen-bond donors (Lipinski definition) is 1. The van der Waals surface area contributed by atoms with Crippen LogP contribution < -0.4 is 5.73 Å². The first-order valence-corrected chi connectivity index (χ1v) is 6.97. The topological polar surface area (TPSA) is 72.1 Å². The predicted molar refractivity (Wildman–Crippen MR) is 73.5 cm³/mol. The highest BCUT2D eigenvalue weighted by Crippen LogP contribution is 2.30. The first-order valence-electron chi connectivity index (χ1n) is 5.99. The van der Waals surface area contributed by atoms with E-state index >= 15 is 0 Å². The van der Waals surface area contributed by atoms with Crippen molar-refractivity contribution in [2.24, 2.45) is 0 Å². The van der Waals surface area contributed by atoms with Gasteiger partial charge in [0, 0.05) is 23.6 Å². The molecular weight excluding hydrogens is 248 g/mol. The molecule has 0 saturated carbocycles. The molecule has 1 aliphatic heterocycles. The zero-order chi connectivity index (χ0) is 13.2. The van der Waals surface area contributed by atoms with Crippen molar-refractivity contribution in [3.63, 3.8) is 0 Å². The summed E-state index contributed by atoms with van der Waals surface area (Å²) in [6.07, 6.45) is 3.86. The van der Waals surface area contributed by atoms with Crippen molar-refractivity contribution in [2.45, 2.75) is 25.0 Å². The van der Waals surface area contributed by atoms with Crippen LogP contribution in [0, 0.1) is 0 Å². The minimum Gasteiger partial charge on any atom is -0.382 e. The largest absolute Gasteiger partial charge is 0.382 e. The van der Waals surface area contributed by atoms with Gasteiger partial charge in [-0.3, -0.25) is 4.79 Å². The molecule has 1 amide bonds. The molecule has 0 unspecified atom stereocenters. The van der Waals surface area contributed by atoms with Crippen LogP contribution in [0.15, 0.2) is 12.4 Å². The number of carbonyl (C=O) groups excluding carboxylic acids is 1. The first kappa shape index (κ1) is 13.1. The number of anilines is 1. The lowest BCUT2D eigenvalue weighted by Gasteiger charge is -2.22. The van der Waals surface area contributed by atoms with Crippen molar-refractivity contribution in [2.75, 3.05) is 24.6 Å². The van der Waals surface area contributed by atoms with E-state index in [1.54, 1.807) is 0 Å². The second-order valence-electron chi connectivity index (χ2n) is 4.98. The summed E-state index contributed by atoms with van der Waals surface area (Å²) in [5.74, 6) is 1.24. The third-order valence-electron chi connectivity index (χ3n) is 3.02. The molecule has 1 aromatic heterocycles. The van der Waals surface area contributed by atoms with Gasteiger partial charge in [-0.15, -0.1) is 0 Å². The fourth-order valence-electron chi connectivity index (χ4n) is 1.83. The summed E-state index contributed by atoms with van der Waals surface area (Å²) < 4.78 is 0.238. The maximum atomic E-state index is 12.2. The SMILES string of the molecule is CC1(C)CCN(C(=O)c2cnc(N)cn2)CCS1. The summed E-state index contributed by atoms with van der Waals surface area (Å²) in [5.41, 5.74) is 5.83. The number of nitrogens with zero attached hydrogens (tertiary/aromatic N) is 3. The molecule has 0 bridgehead atoms. The van der Waals surface area contributed by atoms with Crippen LogP contribution in [0.2, 0.25) is 0 Å². The Morgan fingerprint density at radius 3 is 2.83 bits per heavy atom. The summed E-state index contributed by atoms with van der Waals surface area (Å²) in [4.78, 5) is 22.0. The fourth-order valence-corrected chi connectivity index (χ4v) is 2.93. The Hall–Kier alpha value is -1.30. The minimum absolute atomic E-state index is 0.0548. The van der Waals surface area contributed by atoms with Crippen LogP contribution in [0.3, 0.4) is 0 Å². The Balaban J connectivity index is 2.07. The number of hydrogen-bond acceptors (Lipinski definition) is 5. The molecule has 0 radical (unpaired) electrons. The summed E-state index contributed by atoms with van der Waals surface area (Å²) in [5, 5.41) is 0. The lowest BCUT2D eigenvalue weighted by molar-refractivity contribution is 0.0758. The highest BCUT2D eigenvalue weighted by Gasteiger charge is 2.26. The van der Waals surface area contributed by atoms with Crippen LogP contribution in [0.5, 0.6) is 0 Å². The van der Waals surface area contributed by atoms with Crippen LogP contribution in [-0.2, 0) is 0 Å². The van der Waals surface area contributed by atoms with Gasteiger partial charge in [0.15, 0.2) is 0 Å². The Kier molecular flexibility index (Phi) is 3.75. The van der Waals surface area contributed by atoms with Crippen molar-refractivity contribution >= 4 is 23.5 Å². The fraction of sp³-hybridized carbons (Fsp3) is 0.583. The molecule has 1 fully saturated rings. The number of nitrogens with two attached hydrogens (primary N) is 1. The van der Waals surface area contributed by atoms with E-state index < -0.39 is 0 Å². The molecule has 0 atom stereocenters. The molecule has 1 aliphatic rings. The molecule has 2 N–H and O–H groups in total. The number of carbonyl (C=O) groups is 1. The second kappa shape index (κ2) is 5.14. The number of nitrogen functional groups attached to an aromatic ring is 1. The van der Waals surface area contributed by atoms with Gasteiger partial charge < -0.3 is 10.6 Å². The molecule has 2 rings (SSSR count). The van der Waals surface area contributed by atoms with Crippen LogP contribution in [0.1, 0.15) is 30.8 Å². The molecule has 18 heavy (non-hydrogen) atoms. The van der Waals surface area contributed by atoms with Crippen molar-refractivity contribution < 1.29 is 4.79 Å². The van der Waals surface area contributed by atoms with Gasteiger partial charge in [0.25, 0.3) is 5.91 Å². The molecular formula is C12H18N4OS. The molecule has 1 aromatic rings. The number of amides is 1. The van der Waals surface area contributed by atoms with E-state index in [9.17, 15) is 4.79 Å². The Morgan fingerprint density at radius 2 is 2.17 bits per heavy atom.